The highest BCUT2D eigenvalue weighted by Gasteiger charge is 2.18. The van der Waals surface area contributed by atoms with Crippen LogP contribution in [0.1, 0.15) is 19.8 Å². The topological polar surface area (TPSA) is 64.3 Å². The molecule has 0 spiro atoms. The lowest BCUT2D eigenvalue weighted by Gasteiger charge is -2.31. The molecule has 108 valence electrons. The van der Waals surface area contributed by atoms with Crippen molar-refractivity contribution in [3.8, 4) is 5.88 Å². The number of piperidine rings is 1. The molecule has 1 aliphatic heterocycles. The summed E-state index contributed by atoms with van der Waals surface area (Å²) < 4.78 is 5.49. The standard InChI is InChI=1S/C12H20N4OS.ClH/c1-3-17-11-8-10(14-12(15-11)18-2)16-6-4-9(13)5-7-16;/h8-9H,3-7,13H2,1-2H3;1H. The van der Waals surface area contributed by atoms with E-state index < -0.39 is 0 Å². The molecular weight excluding hydrogens is 284 g/mol. The molecule has 0 radical (unpaired) electrons. The summed E-state index contributed by atoms with van der Waals surface area (Å²) in [6.45, 7) is 4.49. The van der Waals surface area contributed by atoms with E-state index in [0.29, 0.717) is 18.5 Å². The number of ether oxygens (including phenoxy) is 1. The van der Waals surface area contributed by atoms with E-state index in [9.17, 15) is 0 Å². The molecule has 0 saturated carbocycles. The van der Waals surface area contributed by atoms with Gasteiger partial charge in [-0.2, -0.15) is 4.98 Å². The van der Waals surface area contributed by atoms with Crippen LogP contribution in [-0.4, -0.2) is 42.0 Å². The fraction of sp³-hybridized carbons (Fsp3) is 0.667. The Bertz CT molecular complexity index is 399. The highest BCUT2D eigenvalue weighted by atomic mass is 35.5. The molecule has 19 heavy (non-hydrogen) atoms. The lowest BCUT2D eigenvalue weighted by atomic mass is 10.1. The molecule has 0 aromatic carbocycles. The number of hydrogen-bond donors (Lipinski definition) is 1. The number of aromatic nitrogens is 2. The van der Waals surface area contributed by atoms with E-state index in [2.05, 4.69) is 14.9 Å². The summed E-state index contributed by atoms with van der Waals surface area (Å²) in [5, 5.41) is 0.755. The summed E-state index contributed by atoms with van der Waals surface area (Å²) in [5.74, 6) is 1.60. The molecule has 1 aromatic rings. The SMILES string of the molecule is CCOc1cc(N2CCC(N)CC2)nc(SC)n1.Cl. The predicted molar refractivity (Wildman–Crippen MR) is 81.7 cm³/mol. The van der Waals surface area contributed by atoms with Gasteiger partial charge in [-0.25, -0.2) is 4.98 Å². The number of thioether (sulfide) groups is 1. The van der Waals surface area contributed by atoms with E-state index in [1.807, 2.05) is 19.2 Å². The van der Waals surface area contributed by atoms with Crippen LogP contribution < -0.4 is 15.4 Å². The van der Waals surface area contributed by atoms with Crippen LogP contribution in [0.3, 0.4) is 0 Å². The quantitative estimate of drug-likeness (QED) is 0.677. The maximum absolute atomic E-state index is 5.92. The van der Waals surface area contributed by atoms with Gasteiger partial charge in [0.05, 0.1) is 6.61 Å². The van der Waals surface area contributed by atoms with Crippen molar-refractivity contribution in [1.82, 2.24) is 9.97 Å². The molecule has 0 aliphatic carbocycles. The van der Waals surface area contributed by atoms with Crippen molar-refractivity contribution in [2.24, 2.45) is 5.73 Å². The Labute approximate surface area is 124 Å². The van der Waals surface area contributed by atoms with Gasteiger partial charge in [0, 0.05) is 25.2 Å². The average molecular weight is 305 g/mol. The molecule has 0 bridgehead atoms. The largest absolute Gasteiger partial charge is 0.478 e. The Hall–Kier alpha value is -0.720. The van der Waals surface area contributed by atoms with Gasteiger partial charge in [0.1, 0.15) is 5.82 Å². The fourth-order valence-electron chi connectivity index (χ4n) is 2.00. The second-order valence-corrected chi connectivity index (χ2v) is 5.08. The van der Waals surface area contributed by atoms with Crippen LogP contribution in [0, 0.1) is 0 Å². The molecule has 1 aromatic heterocycles. The minimum absolute atomic E-state index is 0. The Balaban J connectivity index is 0.00000180. The third-order valence-corrected chi connectivity index (χ3v) is 3.55. The van der Waals surface area contributed by atoms with Gasteiger partial charge < -0.3 is 15.4 Å². The van der Waals surface area contributed by atoms with Gasteiger partial charge in [-0.3, -0.25) is 0 Å². The monoisotopic (exact) mass is 304 g/mol. The van der Waals surface area contributed by atoms with Gasteiger partial charge in [0.15, 0.2) is 5.16 Å². The molecule has 1 saturated heterocycles. The van der Waals surface area contributed by atoms with Crippen molar-refractivity contribution in [1.29, 1.82) is 0 Å². The minimum Gasteiger partial charge on any atom is -0.478 e. The van der Waals surface area contributed by atoms with Crippen molar-refractivity contribution in [3.63, 3.8) is 0 Å². The van der Waals surface area contributed by atoms with Gasteiger partial charge in [0.2, 0.25) is 5.88 Å². The van der Waals surface area contributed by atoms with E-state index in [1.54, 1.807) is 0 Å². The number of hydrogen-bond acceptors (Lipinski definition) is 6. The first-order chi connectivity index (χ1) is 8.72. The number of nitrogens with two attached hydrogens (primary N) is 1. The third kappa shape index (κ3) is 4.40. The maximum atomic E-state index is 5.92. The van der Waals surface area contributed by atoms with Crippen LogP contribution >= 0.6 is 24.2 Å². The smallest absolute Gasteiger partial charge is 0.219 e. The van der Waals surface area contributed by atoms with Crippen molar-refractivity contribution >= 4 is 30.0 Å². The third-order valence-electron chi connectivity index (χ3n) is 3.01. The molecule has 2 heterocycles. The van der Waals surface area contributed by atoms with E-state index in [4.69, 9.17) is 10.5 Å². The van der Waals surface area contributed by atoms with Crippen LogP contribution in [0.25, 0.3) is 0 Å². The van der Waals surface area contributed by atoms with Crippen LogP contribution in [0.5, 0.6) is 5.88 Å². The van der Waals surface area contributed by atoms with Crippen LogP contribution in [0.15, 0.2) is 11.2 Å². The van der Waals surface area contributed by atoms with Crippen molar-refractivity contribution in [2.45, 2.75) is 31.0 Å². The molecule has 2 rings (SSSR count). The second kappa shape index (κ2) is 7.77. The summed E-state index contributed by atoms with van der Waals surface area (Å²) in [6.07, 6.45) is 4.01. The second-order valence-electron chi connectivity index (χ2n) is 4.31. The molecule has 1 fully saturated rings. The first-order valence-electron chi connectivity index (χ1n) is 6.29. The number of rotatable bonds is 4. The zero-order chi connectivity index (χ0) is 13.0. The highest BCUT2D eigenvalue weighted by molar-refractivity contribution is 7.98. The van der Waals surface area contributed by atoms with Crippen LogP contribution in [0.4, 0.5) is 5.82 Å². The molecule has 0 unspecified atom stereocenters. The van der Waals surface area contributed by atoms with Gasteiger partial charge in [-0.15, -0.1) is 12.4 Å². The van der Waals surface area contributed by atoms with Gasteiger partial charge in [-0.05, 0) is 26.0 Å². The zero-order valence-electron chi connectivity index (χ0n) is 11.3. The van der Waals surface area contributed by atoms with Crippen molar-refractivity contribution in [2.75, 3.05) is 30.9 Å². The lowest BCUT2D eigenvalue weighted by molar-refractivity contribution is 0.323. The molecule has 5 nitrogen and oxygen atoms in total. The zero-order valence-corrected chi connectivity index (χ0v) is 13.0. The number of anilines is 1. The van der Waals surface area contributed by atoms with E-state index in [0.717, 1.165) is 36.9 Å². The van der Waals surface area contributed by atoms with Crippen molar-refractivity contribution in [3.05, 3.63) is 6.07 Å². The summed E-state index contributed by atoms with van der Waals surface area (Å²) in [5.41, 5.74) is 5.92. The summed E-state index contributed by atoms with van der Waals surface area (Å²) in [4.78, 5) is 11.1. The minimum atomic E-state index is 0. The summed E-state index contributed by atoms with van der Waals surface area (Å²) in [6, 6.07) is 2.24. The Morgan fingerprint density at radius 2 is 2.11 bits per heavy atom. The first-order valence-corrected chi connectivity index (χ1v) is 7.51. The summed E-state index contributed by atoms with van der Waals surface area (Å²) in [7, 11) is 0. The molecule has 2 N–H and O–H groups in total. The Morgan fingerprint density at radius 1 is 1.42 bits per heavy atom. The fourth-order valence-corrected chi connectivity index (χ4v) is 2.36. The number of halogens is 1. The molecule has 0 amide bonds. The lowest BCUT2D eigenvalue weighted by Crippen LogP contribution is -2.40. The normalized spacial score (nSPS) is 16.1. The van der Waals surface area contributed by atoms with Gasteiger partial charge >= 0.3 is 0 Å². The molecular formula is C12H21ClN4OS. The Kier molecular flexibility index (Phi) is 6.68. The average Bonchev–Trinajstić information content (AvgIpc) is 2.39. The van der Waals surface area contributed by atoms with E-state index in [1.165, 1.54) is 11.8 Å². The Morgan fingerprint density at radius 3 is 2.68 bits per heavy atom. The van der Waals surface area contributed by atoms with E-state index in [-0.39, 0.29) is 12.4 Å². The maximum Gasteiger partial charge on any atom is 0.219 e. The van der Waals surface area contributed by atoms with Crippen LogP contribution in [-0.2, 0) is 0 Å². The highest BCUT2D eigenvalue weighted by Crippen LogP contribution is 2.24. The van der Waals surface area contributed by atoms with Crippen molar-refractivity contribution < 1.29 is 4.74 Å². The van der Waals surface area contributed by atoms with Crippen LogP contribution in [0.2, 0.25) is 0 Å². The molecule has 7 heteroatoms. The van der Waals surface area contributed by atoms with Gasteiger partial charge in [0.25, 0.3) is 0 Å². The van der Waals surface area contributed by atoms with Gasteiger partial charge in [-0.1, -0.05) is 11.8 Å². The summed E-state index contributed by atoms with van der Waals surface area (Å²) >= 11 is 1.53. The first kappa shape index (κ1) is 16.3. The molecule has 0 atom stereocenters. The predicted octanol–water partition coefficient (Wildman–Crippen LogP) is 1.95. The molecule has 1 aliphatic rings. The van der Waals surface area contributed by atoms with E-state index >= 15 is 0 Å². The number of nitrogens with zero attached hydrogens (tertiary/aromatic N) is 3.